The molecular formula is C11H21N3O3. The zero-order valence-corrected chi connectivity index (χ0v) is 10.7. The minimum absolute atomic E-state index is 0.0777. The number of carbonyl (C=O) groups is 2. The lowest BCUT2D eigenvalue weighted by Gasteiger charge is -2.32. The monoisotopic (exact) mass is 243 g/mol. The number of nitrogens with one attached hydrogen (secondary N) is 1. The van der Waals surface area contributed by atoms with Gasteiger partial charge in [0.2, 0.25) is 0 Å². The van der Waals surface area contributed by atoms with E-state index in [4.69, 9.17) is 10.5 Å². The van der Waals surface area contributed by atoms with Crippen molar-refractivity contribution >= 4 is 12.1 Å². The van der Waals surface area contributed by atoms with Crippen molar-refractivity contribution in [1.29, 1.82) is 0 Å². The van der Waals surface area contributed by atoms with Crippen LogP contribution in [0.4, 0.5) is 9.59 Å². The SMILES string of the molecule is CC(C)(C)OC(=O)N[C@@H]1CCCN(C(N)=O)C1. The van der Waals surface area contributed by atoms with Gasteiger partial charge in [-0.2, -0.15) is 0 Å². The van der Waals surface area contributed by atoms with Crippen molar-refractivity contribution in [2.45, 2.75) is 45.3 Å². The highest BCUT2D eigenvalue weighted by atomic mass is 16.6. The van der Waals surface area contributed by atoms with E-state index in [0.717, 1.165) is 12.8 Å². The summed E-state index contributed by atoms with van der Waals surface area (Å²) in [5.41, 5.74) is 4.69. The third kappa shape index (κ3) is 4.93. The van der Waals surface area contributed by atoms with Gasteiger partial charge in [0.15, 0.2) is 0 Å². The molecule has 0 spiro atoms. The Hall–Kier alpha value is -1.46. The first-order valence-electron chi connectivity index (χ1n) is 5.82. The van der Waals surface area contributed by atoms with Crippen LogP contribution in [0.25, 0.3) is 0 Å². The average Bonchev–Trinajstić information content (AvgIpc) is 2.14. The van der Waals surface area contributed by atoms with Crippen molar-refractivity contribution in [1.82, 2.24) is 10.2 Å². The van der Waals surface area contributed by atoms with E-state index >= 15 is 0 Å². The first kappa shape index (κ1) is 13.6. The predicted octanol–water partition coefficient (Wildman–Crippen LogP) is 1.05. The standard InChI is InChI=1S/C11H21N3O3/c1-11(2,3)17-10(16)13-8-5-4-6-14(7-8)9(12)15/h8H,4-7H2,1-3H3,(H2,12,15)(H,13,16)/t8-/m1/s1. The number of hydrogen-bond acceptors (Lipinski definition) is 3. The molecule has 1 saturated heterocycles. The fraction of sp³-hybridized carbons (Fsp3) is 0.818. The quantitative estimate of drug-likeness (QED) is 0.722. The maximum absolute atomic E-state index is 11.5. The number of ether oxygens (including phenoxy) is 1. The molecule has 98 valence electrons. The van der Waals surface area contributed by atoms with Crippen LogP contribution in [0.15, 0.2) is 0 Å². The van der Waals surface area contributed by atoms with Crippen LogP contribution in [0.1, 0.15) is 33.6 Å². The van der Waals surface area contributed by atoms with E-state index in [2.05, 4.69) is 5.32 Å². The minimum Gasteiger partial charge on any atom is -0.444 e. The zero-order chi connectivity index (χ0) is 13.1. The van der Waals surface area contributed by atoms with Crippen molar-refractivity contribution in [3.8, 4) is 0 Å². The third-order valence-electron chi connectivity index (χ3n) is 2.45. The Kier molecular flexibility index (Phi) is 4.20. The lowest BCUT2D eigenvalue weighted by Crippen LogP contribution is -2.51. The number of amides is 3. The Morgan fingerprint density at radius 3 is 2.59 bits per heavy atom. The fourth-order valence-electron chi connectivity index (χ4n) is 1.77. The maximum Gasteiger partial charge on any atom is 0.407 e. The summed E-state index contributed by atoms with van der Waals surface area (Å²) in [6.07, 6.45) is 1.22. The van der Waals surface area contributed by atoms with Gasteiger partial charge in [0, 0.05) is 19.1 Å². The Bertz CT molecular complexity index is 299. The third-order valence-corrected chi connectivity index (χ3v) is 2.45. The summed E-state index contributed by atoms with van der Waals surface area (Å²) in [4.78, 5) is 24.1. The molecule has 0 saturated carbocycles. The van der Waals surface area contributed by atoms with Crippen LogP contribution in [0.3, 0.4) is 0 Å². The molecule has 0 bridgehead atoms. The molecule has 3 amide bonds. The van der Waals surface area contributed by atoms with Gasteiger partial charge in [-0.3, -0.25) is 0 Å². The average molecular weight is 243 g/mol. The Morgan fingerprint density at radius 2 is 2.06 bits per heavy atom. The van der Waals surface area contributed by atoms with Crippen molar-refractivity contribution in [3.05, 3.63) is 0 Å². The van der Waals surface area contributed by atoms with Gasteiger partial charge in [-0.05, 0) is 33.6 Å². The molecule has 1 heterocycles. The van der Waals surface area contributed by atoms with E-state index in [1.54, 1.807) is 0 Å². The van der Waals surface area contributed by atoms with Gasteiger partial charge in [-0.1, -0.05) is 0 Å². The molecule has 1 atom stereocenters. The molecule has 1 aliphatic rings. The number of piperidine rings is 1. The van der Waals surface area contributed by atoms with Gasteiger partial charge in [-0.25, -0.2) is 9.59 Å². The number of hydrogen-bond donors (Lipinski definition) is 2. The van der Waals surface area contributed by atoms with Gasteiger partial charge < -0.3 is 20.7 Å². The summed E-state index contributed by atoms with van der Waals surface area (Å²) in [5.74, 6) is 0. The second kappa shape index (κ2) is 5.25. The van der Waals surface area contributed by atoms with Crippen molar-refractivity contribution in [2.24, 2.45) is 5.73 Å². The molecule has 3 N–H and O–H groups in total. The Balaban J connectivity index is 2.41. The first-order valence-corrected chi connectivity index (χ1v) is 5.82. The number of nitrogens with two attached hydrogens (primary N) is 1. The zero-order valence-electron chi connectivity index (χ0n) is 10.7. The summed E-state index contributed by atoms with van der Waals surface area (Å²) < 4.78 is 5.15. The number of likely N-dealkylation sites (tertiary alicyclic amines) is 1. The molecule has 1 fully saturated rings. The minimum atomic E-state index is -0.512. The van der Waals surface area contributed by atoms with E-state index in [0.29, 0.717) is 13.1 Å². The van der Waals surface area contributed by atoms with Crippen LogP contribution >= 0.6 is 0 Å². The summed E-state index contributed by atoms with van der Waals surface area (Å²) in [6.45, 7) is 6.53. The first-order chi connectivity index (χ1) is 7.78. The highest BCUT2D eigenvalue weighted by Crippen LogP contribution is 2.11. The van der Waals surface area contributed by atoms with Crippen LogP contribution in [0.2, 0.25) is 0 Å². The number of rotatable bonds is 1. The second-order valence-corrected chi connectivity index (χ2v) is 5.27. The van der Waals surface area contributed by atoms with E-state index < -0.39 is 17.7 Å². The van der Waals surface area contributed by atoms with Crippen LogP contribution < -0.4 is 11.1 Å². The smallest absolute Gasteiger partial charge is 0.407 e. The molecule has 0 unspecified atom stereocenters. The molecule has 1 rings (SSSR count). The predicted molar refractivity (Wildman–Crippen MR) is 63.5 cm³/mol. The number of carbonyl (C=O) groups excluding carboxylic acids is 2. The lowest BCUT2D eigenvalue weighted by atomic mass is 10.1. The van der Waals surface area contributed by atoms with Gasteiger partial charge >= 0.3 is 12.1 Å². The van der Waals surface area contributed by atoms with Crippen LogP contribution in [0.5, 0.6) is 0 Å². The van der Waals surface area contributed by atoms with E-state index in [-0.39, 0.29) is 6.04 Å². The van der Waals surface area contributed by atoms with Gasteiger partial charge in [-0.15, -0.1) is 0 Å². The molecule has 6 nitrogen and oxygen atoms in total. The molecule has 0 aliphatic carbocycles. The maximum atomic E-state index is 11.5. The Labute approximate surface area is 101 Å². The van der Waals surface area contributed by atoms with Crippen LogP contribution in [0, 0.1) is 0 Å². The van der Waals surface area contributed by atoms with Crippen molar-refractivity contribution in [3.63, 3.8) is 0 Å². The number of nitrogens with zero attached hydrogens (tertiary/aromatic N) is 1. The summed E-state index contributed by atoms with van der Waals surface area (Å²) in [6, 6.07) is -0.521. The molecule has 1 aliphatic heterocycles. The van der Waals surface area contributed by atoms with Crippen molar-refractivity contribution < 1.29 is 14.3 Å². The summed E-state index contributed by atoms with van der Waals surface area (Å²) in [5, 5.41) is 2.75. The van der Waals surface area contributed by atoms with E-state index in [9.17, 15) is 9.59 Å². The molecule has 0 aromatic heterocycles. The topological polar surface area (TPSA) is 84.7 Å². The normalized spacial score (nSPS) is 20.9. The van der Waals surface area contributed by atoms with Crippen molar-refractivity contribution in [2.75, 3.05) is 13.1 Å². The Morgan fingerprint density at radius 1 is 1.41 bits per heavy atom. The lowest BCUT2D eigenvalue weighted by molar-refractivity contribution is 0.0480. The van der Waals surface area contributed by atoms with Crippen LogP contribution in [-0.2, 0) is 4.74 Å². The number of alkyl carbamates (subject to hydrolysis) is 1. The summed E-state index contributed by atoms with van der Waals surface area (Å²) >= 11 is 0. The van der Waals surface area contributed by atoms with Crippen LogP contribution in [-0.4, -0.2) is 41.8 Å². The summed E-state index contributed by atoms with van der Waals surface area (Å²) in [7, 11) is 0. The highest BCUT2D eigenvalue weighted by Gasteiger charge is 2.25. The molecule has 0 radical (unpaired) electrons. The molecule has 0 aromatic rings. The van der Waals surface area contributed by atoms with Gasteiger partial charge in [0.05, 0.1) is 0 Å². The highest BCUT2D eigenvalue weighted by molar-refractivity contribution is 5.72. The number of primary amides is 1. The van der Waals surface area contributed by atoms with Gasteiger partial charge in [0.1, 0.15) is 5.60 Å². The molecular weight excluding hydrogens is 222 g/mol. The van der Waals surface area contributed by atoms with Gasteiger partial charge in [0.25, 0.3) is 0 Å². The van der Waals surface area contributed by atoms with E-state index in [1.165, 1.54) is 4.90 Å². The number of urea groups is 1. The fourth-order valence-corrected chi connectivity index (χ4v) is 1.77. The molecule has 6 heteroatoms. The molecule has 17 heavy (non-hydrogen) atoms. The second-order valence-electron chi connectivity index (χ2n) is 5.27. The molecule has 0 aromatic carbocycles. The largest absolute Gasteiger partial charge is 0.444 e. The van der Waals surface area contributed by atoms with E-state index in [1.807, 2.05) is 20.8 Å².